The molecular formula is C10H16O4. The fraction of sp³-hybridized carbons (Fsp3) is 0.800. The Bertz CT molecular complexity index is 216. The Hall–Kier alpha value is -0.580. The van der Waals surface area contributed by atoms with E-state index in [9.17, 15) is 0 Å². The minimum absolute atomic E-state index is 0.0105. The third-order valence-corrected chi connectivity index (χ3v) is 2.65. The molecule has 0 aromatic rings. The minimum atomic E-state index is 0.0105. The van der Waals surface area contributed by atoms with E-state index in [0.717, 1.165) is 0 Å². The van der Waals surface area contributed by atoms with E-state index in [1.54, 1.807) is 13.4 Å². The number of allylic oxidation sites excluding steroid dienone is 1. The van der Waals surface area contributed by atoms with Crippen molar-refractivity contribution in [3.8, 4) is 0 Å². The lowest BCUT2D eigenvalue weighted by atomic mass is 10.1. The predicted molar refractivity (Wildman–Crippen MR) is 50.0 cm³/mol. The number of ether oxygens (including phenoxy) is 4. The third kappa shape index (κ3) is 1.65. The van der Waals surface area contributed by atoms with Crippen LogP contribution in [0.2, 0.25) is 0 Å². The Morgan fingerprint density at radius 1 is 1.14 bits per heavy atom. The molecule has 2 fully saturated rings. The molecule has 0 aliphatic carbocycles. The van der Waals surface area contributed by atoms with E-state index in [1.807, 2.05) is 13.0 Å². The summed E-state index contributed by atoms with van der Waals surface area (Å²) < 4.78 is 21.9. The normalized spacial score (nSPS) is 41.9. The van der Waals surface area contributed by atoms with Crippen LogP contribution in [0.1, 0.15) is 6.92 Å². The van der Waals surface area contributed by atoms with E-state index >= 15 is 0 Å². The largest absolute Gasteiger partial charge is 0.493 e. The highest BCUT2D eigenvalue weighted by atomic mass is 16.6. The van der Waals surface area contributed by atoms with Gasteiger partial charge in [-0.3, -0.25) is 0 Å². The highest BCUT2D eigenvalue weighted by Crippen LogP contribution is 2.30. The summed E-state index contributed by atoms with van der Waals surface area (Å²) in [6.07, 6.45) is 3.66. The van der Waals surface area contributed by atoms with Gasteiger partial charge in [0.25, 0.3) is 0 Å². The standard InChI is InChI=1S/C10H16O4/c1-3-4-12-8-6-14-9-7(11-2)5-13-10(8)9/h3-4,7-10H,5-6H2,1-2H3/b4-3-/t7-,8-,9-,10-/m1/s1. The Kier molecular flexibility index (Phi) is 3.05. The quantitative estimate of drug-likeness (QED) is 0.629. The van der Waals surface area contributed by atoms with Crippen molar-refractivity contribution in [3.05, 3.63) is 12.3 Å². The number of fused-ring (bicyclic) bond motifs is 1. The Morgan fingerprint density at radius 2 is 1.79 bits per heavy atom. The molecule has 2 saturated heterocycles. The molecule has 4 heteroatoms. The maximum atomic E-state index is 5.58. The molecule has 80 valence electrons. The number of hydrogen-bond donors (Lipinski definition) is 0. The molecule has 0 amide bonds. The van der Waals surface area contributed by atoms with Crippen molar-refractivity contribution >= 4 is 0 Å². The van der Waals surface area contributed by atoms with Gasteiger partial charge in [-0.2, -0.15) is 0 Å². The maximum absolute atomic E-state index is 5.58. The van der Waals surface area contributed by atoms with Gasteiger partial charge in [-0.05, 0) is 6.92 Å². The molecule has 0 saturated carbocycles. The lowest BCUT2D eigenvalue weighted by Gasteiger charge is -2.15. The molecule has 0 bridgehead atoms. The molecule has 14 heavy (non-hydrogen) atoms. The van der Waals surface area contributed by atoms with Gasteiger partial charge < -0.3 is 18.9 Å². The number of methoxy groups -OCH3 is 1. The average Bonchev–Trinajstić information content (AvgIpc) is 2.75. The fourth-order valence-corrected chi connectivity index (χ4v) is 1.93. The van der Waals surface area contributed by atoms with Gasteiger partial charge in [-0.15, -0.1) is 0 Å². The zero-order chi connectivity index (χ0) is 9.97. The van der Waals surface area contributed by atoms with Gasteiger partial charge in [-0.25, -0.2) is 0 Å². The Morgan fingerprint density at radius 3 is 2.43 bits per heavy atom. The van der Waals surface area contributed by atoms with Gasteiger partial charge in [0.1, 0.15) is 24.4 Å². The van der Waals surface area contributed by atoms with Crippen LogP contribution in [-0.2, 0) is 18.9 Å². The van der Waals surface area contributed by atoms with Crippen LogP contribution in [0.15, 0.2) is 12.3 Å². The molecule has 2 aliphatic heterocycles. The molecule has 0 spiro atoms. The minimum Gasteiger partial charge on any atom is -0.493 e. The molecule has 4 atom stereocenters. The summed E-state index contributed by atoms with van der Waals surface area (Å²) in [4.78, 5) is 0. The molecule has 0 aromatic carbocycles. The first-order valence-electron chi connectivity index (χ1n) is 4.89. The third-order valence-electron chi connectivity index (χ3n) is 2.65. The molecule has 0 unspecified atom stereocenters. The van der Waals surface area contributed by atoms with Gasteiger partial charge in [0, 0.05) is 7.11 Å². The number of rotatable bonds is 3. The van der Waals surface area contributed by atoms with Gasteiger partial charge in [0.2, 0.25) is 0 Å². The average molecular weight is 200 g/mol. The van der Waals surface area contributed by atoms with E-state index in [-0.39, 0.29) is 24.4 Å². The molecular weight excluding hydrogens is 184 g/mol. The van der Waals surface area contributed by atoms with Crippen LogP contribution >= 0.6 is 0 Å². The van der Waals surface area contributed by atoms with Crippen LogP contribution < -0.4 is 0 Å². The van der Waals surface area contributed by atoms with Gasteiger partial charge >= 0.3 is 0 Å². The first-order chi connectivity index (χ1) is 6.86. The SMILES string of the molecule is C/C=C\O[C@@H]1CO[C@H]2[C@@H]1OC[C@H]2OC. The zero-order valence-corrected chi connectivity index (χ0v) is 8.51. The van der Waals surface area contributed by atoms with Crippen LogP contribution in [0.5, 0.6) is 0 Å². The van der Waals surface area contributed by atoms with Crippen molar-refractivity contribution in [2.75, 3.05) is 20.3 Å². The van der Waals surface area contributed by atoms with E-state index in [1.165, 1.54) is 0 Å². The smallest absolute Gasteiger partial charge is 0.150 e. The van der Waals surface area contributed by atoms with E-state index in [0.29, 0.717) is 13.2 Å². The lowest BCUT2D eigenvalue weighted by Crippen LogP contribution is -2.32. The first-order valence-corrected chi connectivity index (χ1v) is 4.89. The van der Waals surface area contributed by atoms with E-state index in [2.05, 4.69) is 0 Å². The lowest BCUT2D eigenvalue weighted by molar-refractivity contribution is -0.0192. The monoisotopic (exact) mass is 200 g/mol. The van der Waals surface area contributed by atoms with Gasteiger partial charge in [0.15, 0.2) is 0 Å². The summed E-state index contributed by atoms with van der Waals surface area (Å²) in [6, 6.07) is 0. The second-order valence-corrected chi connectivity index (χ2v) is 3.51. The summed E-state index contributed by atoms with van der Waals surface area (Å²) in [5.41, 5.74) is 0. The second-order valence-electron chi connectivity index (χ2n) is 3.51. The van der Waals surface area contributed by atoms with E-state index < -0.39 is 0 Å². The van der Waals surface area contributed by atoms with Crippen molar-refractivity contribution in [2.45, 2.75) is 31.3 Å². The van der Waals surface area contributed by atoms with Crippen molar-refractivity contribution in [3.63, 3.8) is 0 Å². The van der Waals surface area contributed by atoms with Crippen molar-refractivity contribution in [1.29, 1.82) is 0 Å². The highest BCUT2D eigenvalue weighted by molar-refractivity contribution is 4.96. The summed E-state index contributed by atoms with van der Waals surface area (Å²) >= 11 is 0. The molecule has 0 aromatic heterocycles. The first kappa shape index (κ1) is 9.96. The van der Waals surface area contributed by atoms with Crippen molar-refractivity contribution in [1.82, 2.24) is 0 Å². The summed E-state index contributed by atoms with van der Waals surface area (Å²) in [6.45, 7) is 3.10. The van der Waals surface area contributed by atoms with Crippen molar-refractivity contribution < 1.29 is 18.9 Å². The Labute approximate surface area is 83.8 Å². The summed E-state index contributed by atoms with van der Waals surface area (Å²) in [7, 11) is 1.68. The maximum Gasteiger partial charge on any atom is 0.150 e. The molecule has 2 heterocycles. The second kappa shape index (κ2) is 4.29. The predicted octanol–water partition coefficient (Wildman–Crippen LogP) is 0.718. The van der Waals surface area contributed by atoms with Crippen LogP contribution in [0.4, 0.5) is 0 Å². The number of hydrogen-bond acceptors (Lipinski definition) is 4. The van der Waals surface area contributed by atoms with E-state index in [4.69, 9.17) is 18.9 Å². The van der Waals surface area contributed by atoms with Crippen LogP contribution in [0, 0.1) is 0 Å². The van der Waals surface area contributed by atoms with Crippen LogP contribution in [0.25, 0.3) is 0 Å². The highest BCUT2D eigenvalue weighted by Gasteiger charge is 2.48. The summed E-state index contributed by atoms with van der Waals surface area (Å²) in [5.74, 6) is 0. The van der Waals surface area contributed by atoms with Gasteiger partial charge in [-0.1, -0.05) is 6.08 Å². The van der Waals surface area contributed by atoms with Crippen LogP contribution in [-0.4, -0.2) is 44.7 Å². The van der Waals surface area contributed by atoms with Crippen LogP contribution in [0.3, 0.4) is 0 Å². The molecule has 4 nitrogen and oxygen atoms in total. The molecule has 0 radical (unpaired) electrons. The Balaban J connectivity index is 1.93. The molecule has 2 rings (SSSR count). The molecule has 2 aliphatic rings. The topological polar surface area (TPSA) is 36.9 Å². The van der Waals surface area contributed by atoms with Crippen molar-refractivity contribution in [2.24, 2.45) is 0 Å². The zero-order valence-electron chi connectivity index (χ0n) is 8.51. The fourth-order valence-electron chi connectivity index (χ4n) is 1.93. The molecule has 0 N–H and O–H groups in total. The van der Waals surface area contributed by atoms with Gasteiger partial charge in [0.05, 0.1) is 19.5 Å². The summed E-state index contributed by atoms with van der Waals surface area (Å²) in [5, 5.41) is 0.